The van der Waals surface area contributed by atoms with Gasteiger partial charge in [0.05, 0.1) is 12.2 Å². The number of carbonyl (C=O) groups excluding carboxylic acids is 1. The van der Waals surface area contributed by atoms with E-state index in [2.05, 4.69) is 0 Å². The van der Waals surface area contributed by atoms with Crippen LogP contribution in [0.3, 0.4) is 0 Å². The lowest BCUT2D eigenvalue weighted by molar-refractivity contribution is 0.0962. The number of fused-ring (bicyclic) bond motifs is 1. The summed E-state index contributed by atoms with van der Waals surface area (Å²) < 4.78 is 3.42. The van der Waals surface area contributed by atoms with Gasteiger partial charge in [0.2, 0.25) is 0 Å². The van der Waals surface area contributed by atoms with Gasteiger partial charge in [0.1, 0.15) is 0 Å². The molecule has 0 N–H and O–H groups in total. The van der Waals surface area contributed by atoms with Crippen molar-refractivity contribution in [3.05, 3.63) is 57.8 Å². The number of ketones is 1. The topological polar surface area (TPSA) is 44.0 Å². The molecular weight excluding hydrogens is 240 g/mol. The largest absolute Gasteiger partial charge is 0.348 e. The number of aryl methyl sites for hydroxylation is 2. The van der Waals surface area contributed by atoms with Crippen LogP contribution in [-0.2, 0) is 26.4 Å². The maximum Gasteiger partial charge on any atom is 0.251 e. The highest BCUT2D eigenvalue weighted by Gasteiger charge is 2.18. The number of nitrogens with zero attached hydrogens (tertiary/aromatic N) is 2. The van der Waals surface area contributed by atoms with Crippen molar-refractivity contribution in [2.45, 2.75) is 25.8 Å². The van der Waals surface area contributed by atoms with Crippen molar-refractivity contribution in [1.82, 2.24) is 9.13 Å². The number of Topliss-reactive ketones (excluding diaryl/α,β-unsaturated/α-hetero) is 1. The molecule has 4 nitrogen and oxygen atoms in total. The molecule has 2 aromatic rings. The maximum atomic E-state index is 12.3. The molecule has 0 aromatic carbocycles. The molecule has 0 aliphatic heterocycles. The van der Waals surface area contributed by atoms with Crippen LogP contribution in [0.15, 0.2) is 35.3 Å². The van der Waals surface area contributed by atoms with Crippen molar-refractivity contribution in [3.63, 3.8) is 0 Å². The predicted molar refractivity (Wildman–Crippen MR) is 72.5 cm³/mol. The average Bonchev–Trinajstić information content (AvgIpc) is 3.01. The summed E-state index contributed by atoms with van der Waals surface area (Å²) in [5.41, 5.74) is 2.81. The number of hydrogen-bond acceptors (Lipinski definition) is 2. The van der Waals surface area contributed by atoms with Crippen molar-refractivity contribution in [2.24, 2.45) is 7.05 Å². The molecule has 1 aliphatic carbocycles. The second-order valence-electron chi connectivity index (χ2n) is 5.01. The van der Waals surface area contributed by atoms with Gasteiger partial charge in [-0.1, -0.05) is 6.07 Å². The lowest BCUT2D eigenvalue weighted by Crippen LogP contribution is -2.27. The Hall–Kier alpha value is -2.10. The Kier molecular flexibility index (Phi) is 2.85. The van der Waals surface area contributed by atoms with E-state index in [4.69, 9.17) is 0 Å². The van der Waals surface area contributed by atoms with Gasteiger partial charge in [-0.25, -0.2) is 0 Å². The predicted octanol–water partition coefficient (Wildman–Crippen LogP) is 1.56. The van der Waals surface area contributed by atoms with Crippen molar-refractivity contribution in [1.29, 1.82) is 0 Å². The summed E-state index contributed by atoms with van der Waals surface area (Å²) in [6.45, 7) is 0.139. The molecule has 0 saturated carbocycles. The van der Waals surface area contributed by atoms with Gasteiger partial charge in [0.25, 0.3) is 5.56 Å². The fourth-order valence-corrected chi connectivity index (χ4v) is 2.78. The van der Waals surface area contributed by atoms with Gasteiger partial charge in [-0.15, -0.1) is 0 Å². The van der Waals surface area contributed by atoms with E-state index in [0.717, 1.165) is 25.0 Å². The third kappa shape index (κ3) is 2.03. The second kappa shape index (κ2) is 4.53. The highest BCUT2D eigenvalue weighted by molar-refractivity contribution is 5.94. The van der Waals surface area contributed by atoms with Crippen molar-refractivity contribution in [2.75, 3.05) is 0 Å². The third-order valence-corrected chi connectivity index (χ3v) is 3.78. The number of hydrogen-bond donors (Lipinski definition) is 0. The fourth-order valence-electron chi connectivity index (χ4n) is 2.78. The maximum absolute atomic E-state index is 12.3. The molecule has 2 heterocycles. The summed E-state index contributed by atoms with van der Waals surface area (Å²) in [5, 5.41) is 0. The first-order valence-corrected chi connectivity index (χ1v) is 6.53. The molecule has 0 atom stereocenters. The minimum Gasteiger partial charge on any atom is -0.348 e. The SMILES string of the molecule is Cn1cccc1C(=O)Cn1c2c(ccc1=O)CCC2. The molecule has 0 spiro atoms. The molecule has 19 heavy (non-hydrogen) atoms. The number of carbonyl (C=O) groups is 1. The van der Waals surface area contributed by atoms with Crippen LogP contribution in [0.4, 0.5) is 0 Å². The molecule has 0 saturated heterocycles. The van der Waals surface area contributed by atoms with E-state index in [9.17, 15) is 9.59 Å². The van der Waals surface area contributed by atoms with Crippen LogP contribution < -0.4 is 5.56 Å². The van der Waals surface area contributed by atoms with Gasteiger partial charge in [0.15, 0.2) is 5.78 Å². The zero-order chi connectivity index (χ0) is 13.4. The fraction of sp³-hybridized carbons (Fsp3) is 0.333. The minimum absolute atomic E-state index is 0.0186. The summed E-state index contributed by atoms with van der Waals surface area (Å²) in [5.74, 6) is -0.0186. The molecule has 4 heteroatoms. The quantitative estimate of drug-likeness (QED) is 0.782. The first-order valence-electron chi connectivity index (χ1n) is 6.53. The molecule has 3 rings (SSSR count). The Morgan fingerprint density at radius 1 is 1.26 bits per heavy atom. The Balaban J connectivity index is 1.97. The van der Waals surface area contributed by atoms with Crippen LogP contribution in [0.25, 0.3) is 0 Å². The van der Waals surface area contributed by atoms with Crippen LogP contribution in [0, 0.1) is 0 Å². The third-order valence-electron chi connectivity index (χ3n) is 3.78. The number of aromatic nitrogens is 2. The number of pyridine rings is 1. The van der Waals surface area contributed by atoms with Gasteiger partial charge in [-0.05, 0) is 37.0 Å². The van der Waals surface area contributed by atoms with Crippen molar-refractivity contribution < 1.29 is 4.79 Å². The van der Waals surface area contributed by atoms with E-state index < -0.39 is 0 Å². The number of rotatable bonds is 3. The molecule has 0 amide bonds. The van der Waals surface area contributed by atoms with E-state index in [-0.39, 0.29) is 17.9 Å². The average molecular weight is 256 g/mol. The summed E-state index contributed by atoms with van der Waals surface area (Å²) >= 11 is 0. The first kappa shape index (κ1) is 12.0. The summed E-state index contributed by atoms with van der Waals surface area (Å²) in [6, 6.07) is 7.10. The van der Waals surface area contributed by atoms with E-state index >= 15 is 0 Å². The van der Waals surface area contributed by atoms with Gasteiger partial charge in [-0.3, -0.25) is 9.59 Å². The Labute approximate surface area is 111 Å². The Morgan fingerprint density at radius 2 is 2.11 bits per heavy atom. The Bertz CT molecular complexity index is 694. The molecule has 2 aromatic heterocycles. The second-order valence-corrected chi connectivity index (χ2v) is 5.01. The van der Waals surface area contributed by atoms with Crippen LogP contribution in [-0.4, -0.2) is 14.9 Å². The highest BCUT2D eigenvalue weighted by Crippen LogP contribution is 2.20. The summed E-state index contributed by atoms with van der Waals surface area (Å²) in [4.78, 5) is 24.2. The van der Waals surface area contributed by atoms with E-state index in [1.165, 1.54) is 5.56 Å². The van der Waals surface area contributed by atoms with Gasteiger partial charge in [-0.2, -0.15) is 0 Å². The first-order chi connectivity index (χ1) is 9.16. The monoisotopic (exact) mass is 256 g/mol. The van der Waals surface area contributed by atoms with Crippen LogP contribution >= 0.6 is 0 Å². The molecule has 0 unspecified atom stereocenters. The molecule has 0 bridgehead atoms. The van der Waals surface area contributed by atoms with E-state index in [0.29, 0.717) is 5.69 Å². The van der Waals surface area contributed by atoms with Crippen LogP contribution in [0.1, 0.15) is 28.2 Å². The van der Waals surface area contributed by atoms with E-state index in [1.54, 1.807) is 21.3 Å². The summed E-state index contributed by atoms with van der Waals surface area (Å²) in [7, 11) is 1.84. The standard InChI is InChI=1S/C15H16N2O2/c1-16-9-3-6-13(16)14(18)10-17-12-5-2-4-11(12)7-8-15(17)19/h3,6-9H,2,4-5,10H2,1H3. The normalized spacial score (nSPS) is 13.5. The lowest BCUT2D eigenvalue weighted by Gasteiger charge is -2.11. The van der Waals surface area contributed by atoms with Gasteiger partial charge >= 0.3 is 0 Å². The van der Waals surface area contributed by atoms with E-state index in [1.807, 2.05) is 25.4 Å². The summed E-state index contributed by atoms with van der Waals surface area (Å²) in [6.07, 6.45) is 4.81. The Morgan fingerprint density at radius 3 is 2.84 bits per heavy atom. The highest BCUT2D eigenvalue weighted by atomic mass is 16.1. The molecule has 98 valence electrons. The van der Waals surface area contributed by atoms with Crippen molar-refractivity contribution >= 4 is 5.78 Å². The van der Waals surface area contributed by atoms with Crippen molar-refractivity contribution in [3.8, 4) is 0 Å². The van der Waals surface area contributed by atoms with Crippen LogP contribution in [0.5, 0.6) is 0 Å². The smallest absolute Gasteiger partial charge is 0.251 e. The zero-order valence-electron chi connectivity index (χ0n) is 10.9. The molecule has 1 aliphatic rings. The van der Waals surface area contributed by atoms with Gasteiger partial charge < -0.3 is 9.13 Å². The minimum atomic E-state index is -0.0804. The molecular formula is C15H16N2O2. The molecule has 0 fully saturated rings. The van der Waals surface area contributed by atoms with Gasteiger partial charge in [0, 0.05) is 25.0 Å². The zero-order valence-corrected chi connectivity index (χ0v) is 10.9. The molecule has 0 radical (unpaired) electrons. The van der Waals surface area contributed by atoms with Crippen LogP contribution in [0.2, 0.25) is 0 Å². The lowest BCUT2D eigenvalue weighted by atomic mass is 10.2.